The fourth-order valence-electron chi connectivity index (χ4n) is 4.34. The minimum absolute atomic E-state index is 0.145. The van der Waals surface area contributed by atoms with Crippen molar-refractivity contribution in [2.75, 3.05) is 0 Å². The van der Waals surface area contributed by atoms with E-state index in [0.29, 0.717) is 0 Å². The van der Waals surface area contributed by atoms with Crippen LogP contribution < -0.4 is 0 Å². The van der Waals surface area contributed by atoms with Crippen LogP contribution in [0.4, 0.5) is 0 Å². The van der Waals surface area contributed by atoms with E-state index in [1.807, 2.05) is 0 Å². The molecule has 4 rings (SSSR count). The van der Waals surface area contributed by atoms with Crippen LogP contribution in [0.15, 0.2) is 0 Å². The first-order valence-corrected chi connectivity index (χ1v) is 6.20. The predicted octanol–water partition coefficient (Wildman–Crippen LogP) is 3.45. The molecule has 0 aromatic heterocycles. The van der Waals surface area contributed by atoms with Crippen LogP contribution in [0.25, 0.3) is 0 Å². The van der Waals surface area contributed by atoms with Crippen LogP contribution in [0.5, 0.6) is 0 Å². The Hall–Kier alpha value is 0.01000. The first-order chi connectivity index (χ1) is 6.30. The molecule has 4 aliphatic rings. The van der Waals surface area contributed by atoms with Crippen molar-refractivity contribution in [2.45, 2.75) is 38.5 Å². The Labute approximate surface area is 80.4 Å². The molecule has 0 unspecified atom stereocenters. The van der Waals surface area contributed by atoms with Crippen LogP contribution >= 0.6 is 7.92 Å². The van der Waals surface area contributed by atoms with Gasteiger partial charge in [-0.3, -0.25) is 0 Å². The second-order valence-electron chi connectivity index (χ2n) is 5.40. The van der Waals surface area contributed by atoms with E-state index in [2.05, 4.69) is 5.63 Å². The third kappa shape index (κ3) is 1.25. The summed E-state index contributed by atoms with van der Waals surface area (Å²) in [6.07, 6.45) is 8.22. The van der Waals surface area contributed by atoms with Crippen molar-refractivity contribution in [1.82, 2.24) is 0 Å². The van der Waals surface area contributed by atoms with E-state index in [1.165, 1.54) is 38.5 Å². The molecule has 0 radical (unpaired) electrons. The zero-order chi connectivity index (χ0) is 8.89. The van der Waals surface area contributed by atoms with Gasteiger partial charge in [0.1, 0.15) is 0 Å². The summed E-state index contributed by atoms with van der Waals surface area (Å²) >= 11 is 0. The van der Waals surface area contributed by atoms with Gasteiger partial charge in [0.25, 0.3) is 0 Å². The second-order valence-corrected chi connectivity index (χ2v) is 5.81. The van der Waals surface area contributed by atoms with Crippen molar-refractivity contribution in [3.8, 4) is 5.63 Å². The number of hydrogen-bond donors (Lipinski definition) is 0. The molecule has 4 bridgehead atoms. The molecule has 0 atom stereocenters. The van der Waals surface area contributed by atoms with Gasteiger partial charge in [-0.15, -0.1) is 0 Å². The fourth-order valence-corrected chi connectivity index (χ4v) is 4.81. The van der Waals surface area contributed by atoms with Gasteiger partial charge in [0, 0.05) is 0 Å². The number of rotatable bonds is 0. The van der Waals surface area contributed by atoms with E-state index >= 15 is 0 Å². The van der Waals surface area contributed by atoms with Crippen molar-refractivity contribution in [3.05, 3.63) is 0 Å². The molecule has 0 aliphatic heterocycles. The van der Waals surface area contributed by atoms with E-state index in [4.69, 9.17) is 0 Å². The standard InChI is InChI=1S/C11H15OP/c12-13-7-11-4-8-1-9(5-11)3-10(2-8)6-11/h8-10H,1-6H2. The van der Waals surface area contributed by atoms with Gasteiger partial charge in [-0.1, -0.05) is 0 Å². The molecule has 0 saturated heterocycles. The van der Waals surface area contributed by atoms with Crippen molar-refractivity contribution in [1.29, 1.82) is 0 Å². The Bertz CT molecular complexity index is 292. The van der Waals surface area contributed by atoms with Gasteiger partial charge in [-0.2, -0.15) is 0 Å². The molecule has 13 heavy (non-hydrogen) atoms. The zero-order valence-electron chi connectivity index (χ0n) is 7.83. The second kappa shape index (κ2) is 2.75. The van der Waals surface area contributed by atoms with Crippen molar-refractivity contribution < 1.29 is 4.57 Å². The van der Waals surface area contributed by atoms with Crippen molar-refractivity contribution >= 4 is 7.92 Å². The van der Waals surface area contributed by atoms with Crippen LogP contribution in [0.3, 0.4) is 0 Å². The molecular formula is C11H15OP. The molecule has 0 heterocycles. The van der Waals surface area contributed by atoms with Gasteiger partial charge in [0.15, 0.2) is 0 Å². The summed E-state index contributed by atoms with van der Waals surface area (Å²) in [6, 6.07) is 0. The van der Waals surface area contributed by atoms with Crippen LogP contribution in [-0.2, 0) is 4.57 Å². The van der Waals surface area contributed by atoms with Gasteiger partial charge in [0.05, 0.1) is 0 Å². The molecule has 0 aromatic rings. The third-order valence-corrected chi connectivity index (χ3v) is 4.89. The first kappa shape index (κ1) is 8.33. The van der Waals surface area contributed by atoms with E-state index in [0.717, 1.165) is 17.8 Å². The molecule has 4 fully saturated rings. The van der Waals surface area contributed by atoms with Gasteiger partial charge in [0.2, 0.25) is 0 Å². The molecule has 0 spiro atoms. The Morgan fingerprint density at radius 2 is 1.46 bits per heavy atom. The maximum atomic E-state index is 10.7. The molecule has 2 heteroatoms. The van der Waals surface area contributed by atoms with E-state index < -0.39 is 0 Å². The summed E-state index contributed by atoms with van der Waals surface area (Å²) in [5.41, 5.74) is 3.48. The fraction of sp³-hybridized carbons (Fsp3) is 0.909. The van der Waals surface area contributed by atoms with Gasteiger partial charge in [-0.25, -0.2) is 0 Å². The van der Waals surface area contributed by atoms with Gasteiger partial charge in [-0.05, 0) is 0 Å². The quantitative estimate of drug-likeness (QED) is 0.540. The van der Waals surface area contributed by atoms with Crippen LogP contribution in [0, 0.1) is 28.8 Å². The molecule has 4 aliphatic carbocycles. The Morgan fingerprint density at radius 1 is 1.00 bits per heavy atom. The zero-order valence-corrected chi connectivity index (χ0v) is 8.72. The minimum atomic E-state index is 0.145. The van der Waals surface area contributed by atoms with Crippen molar-refractivity contribution in [3.63, 3.8) is 0 Å². The Kier molecular flexibility index (Phi) is 1.76. The Morgan fingerprint density at radius 3 is 1.85 bits per heavy atom. The predicted molar refractivity (Wildman–Crippen MR) is 52.1 cm³/mol. The van der Waals surface area contributed by atoms with Crippen LogP contribution in [-0.4, -0.2) is 0 Å². The Balaban J connectivity index is 1.98. The topological polar surface area (TPSA) is 17.1 Å². The normalized spacial score (nSPS) is 51.8. The molecular weight excluding hydrogens is 179 g/mol. The molecule has 0 aromatic carbocycles. The first-order valence-electron chi connectivity index (χ1n) is 5.39. The van der Waals surface area contributed by atoms with Crippen LogP contribution in [0.1, 0.15) is 38.5 Å². The van der Waals surface area contributed by atoms with E-state index in [-0.39, 0.29) is 13.3 Å². The monoisotopic (exact) mass is 194 g/mol. The van der Waals surface area contributed by atoms with Gasteiger partial charge >= 0.3 is 79.8 Å². The summed E-state index contributed by atoms with van der Waals surface area (Å²) in [6.45, 7) is 0. The summed E-state index contributed by atoms with van der Waals surface area (Å²) in [5.74, 6) is 2.83. The molecule has 1 nitrogen and oxygen atoms in total. The van der Waals surface area contributed by atoms with Crippen LogP contribution in [0.2, 0.25) is 0 Å². The maximum absolute atomic E-state index is 10.7. The van der Waals surface area contributed by atoms with Gasteiger partial charge < -0.3 is 0 Å². The number of hydrogen-bond acceptors (Lipinski definition) is 1. The molecule has 4 saturated carbocycles. The molecule has 0 N–H and O–H groups in total. The summed E-state index contributed by atoms with van der Waals surface area (Å²) in [4.78, 5) is 0. The molecule has 0 amide bonds. The SMILES string of the molecule is O=P#CC12CC3CC(CC(C3)C1)C2. The summed E-state index contributed by atoms with van der Waals surface area (Å²) in [5, 5.41) is 0. The molecule has 70 valence electrons. The van der Waals surface area contributed by atoms with Crippen molar-refractivity contribution in [2.24, 2.45) is 23.2 Å². The van der Waals surface area contributed by atoms with E-state index in [9.17, 15) is 4.57 Å². The van der Waals surface area contributed by atoms with E-state index in [1.54, 1.807) is 0 Å². The third-order valence-electron chi connectivity index (χ3n) is 4.32. The summed E-state index contributed by atoms with van der Waals surface area (Å²) < 4.78 is 10.7. The average Bonchev–Trinajstić information content (AvgIpc) is 2.00. The average molecular weight is 194 g/mol. The summed E-state index contributed by atoms with van der Waals surface area (Å²) in [7, 11) is 0.145.